The predicted molar refractivity (Wildman–Crippen MR) is 51.3 cm³/mol. The van der Waals surface area contributed by atoms with E-state index in [4.69, 9.17) is 0 Å². The van der Waals surface area contributed by atoms with Crippen molar-refractivity contribution in [1.29, 1.82) is 0 Å². The zero-order chi connectivity index (χ0) is 8.44. The molecule has 0 aromatic rings. The second-order valence-corrected chi connectivity index (χ2v) is 4.19. The molecule has 12 heavy (non-hydrogen) atoms. The van der Waals surface area contributed by atoms with Gasteiger partial charge in [-0.25, -0.2) is 0 Å². The molecule has 1 saturated carbocycles. The van der Waals surface area contributed by atoms with Gasteiger partial charge in [0, 0.05) is 25.2 Å². The third-order valence-corrected chi connectivity index (χ3v) is 3.60. The minimum atomic E-state index is 0.562. The number of nitrogens with zero attached hydrogens (tertiary/aromatic N) is 1. The summed E-state index contributed by atoms with van der Waals surface area (Å²) in [5.41, 5.74) is 0.562. The predicted octanol–water partition coefficient (Wildman–Crippen LogP) is 1.22. The Hall–Kier alpha value is -0.0800. The highest BCUT2D eigenvalue weighted by Gasteiger charge is 2.39. The van der Waals surface area contributed by atoms with Gasteiger partial charge < -0.3 is 5.32 Å². The molecule has 2 aliphatic rings. The number of likely N-dealkylation sites (N-methyl/N-ethyl adjacent to an activating group) is 1. The number of hydrogen-bond donors (Lipinski definition) is 1. The molecule has 0 radical (unpaired) electrons. The van der Waals surface area contributed by atoms with Crippen LogP contribution in [-0.2, 0) is 0 Å². The molecule has 0 bridgehead atoms. The van der Waals surface area contributed by atoms with Crippen LogP contribution in [0.1, 0.15) is 32.6 Å². The summed E-state index contributed by atoms with van der Waals surface area (Å²) in [5, 5.41) is 3.54. The maximum atomic E-state index is 3.54. The molecule has 70 valence electrons. The SMILES string of the molecule is CCN1CCNCC12CCCC2. The summed E-state index contributed by atoms with van der Waals surface area (Å²) in [4.78, 5) is 2.69. The van der Waals surface area contributed by atoms with Gasteiger partial charge in [-0.3, -0.25) is 4.90 Å². The van der Waals surface area contributed by atoms with Gasteiger partial charge in [-0.05, 0) is 19.4 Å². The van der Waals surface area contributed by atoms with Gasteiger partial charge in [-0.15, -0.1) is 0 Å². The lowest BCUT2D eigenvalue weighted by atomic mass is 9.93. The van der Waals surface area contributed by atoms with Crippen molar-refractivity contribution < 1.29 is 0 Å². The minimum Gasteiger partial charge on any atom is -0.314 e. The van der Waals surface area contributed by atoms with Crippen LogP contribution < -0.4 is 5.32 Å². The minimum absolute atomic E-state index is 0.562. The fourth-order valence-corrected chi connectivity index (χ4v) is 2.90. The standard InChI is InChI=1S/C10H20N2/c1-2-12-8-7-11-9-10(12)5-3-4-6-10/h11H,2-9H2,1H3. The Labute approximate surface area is 75.3 Å². The summed E-state index contributed by atoms with van der Waals surface area (Å²) in [5.74, 6) is 0. The second kappa shape index (κ2) is 3.35. The van der Waals surface area contributed by atoms with Gasteiger partial charge in [-0.1, -0.05) is 19.8 Å². The molecule has 0 unspecified atom stereocenters. The first kappa shape index (κ1) is 8.52. The van der Waals surface area contributed by atoms with Crippen LogP contribution in [0.4, 0.5) is 0 Å². The molecule has 0 amide bonds. The van der Waals surface area contributed by atoms with Crippen LogP contribution in [0.25, 0.3) is 0 Å². The quantitative estimate of drug-likeness (QED) is 0.633. The van der Waals surface area contributed by atoms with Crippen LogP contribution in [0.5, 0.6) is 0 Å². The average Bonchev–Trinajstić information content (AvgIpc) is 2.55. The summed E-state index contributed by atoms with van der Waals surface area (Å²) in [6.07, 6.45) is 5.73. The van der Waals surface area contributed by atoms with E-state index in [1.54, 1.807) is 0 Å². The first-order chi connectivity index (χ1) is 5.87. The molecule has 1 saturated heterocycles. The van der Waals surface area contributed by atoms with Crippen molar-refractivity contribution in [1.82, 2.24) is 10.2 Å². The zero-order valence-corrected chi connectivity index (χ0v) is 8.10. The van der Waals surface area contributed by atoms with Crippen molar-refractivity contribution in [3.8, 4) is 0 Å². The van der Waals surface area contributed by atoms with Gasteiger partial charge in [0.15, 0.2) is 0 Å². The van der Waals surface area contributed by atoms with E-state index in [-0.39, 0.29) is 0 Å². The lowest BCUT2D eigenvalue weighted by molar-refractivity contribution is 0.0708. The molecular formula is C10H20N2. The van der Waals surface area contributed by atoms with E-state index in [1.165, 1.54) is 51.9 Å². The molecular weight excluding hydrogens is 148 g/mol. The maximum absolute atomic E-state index is 3.54. The lowest BCUT2D eigenvalue weighted by Crippen LogP contribution is -2.59. The first-order valence-corrected chi connectivity index (χ1v) is 5.33. The molecule has 1 heterocycles. The number of hydrogen-bond acceptors (Lipinski definition) is 2. The molecule has 1 aliphatic heterocycles. The number of piperazine rings is 1. The van der Waals surface area contributed by atoms with E-state index in [9.17, 15) is 0 Å². The van der Waals surface area contributed by atoms with E-state index in [1.807, 2.05) is 0 Å². The van der Waals surface area contributed by atoms with E-state index >= 15 is 0 Å². The van der Waals surface area contributed by atoms with E-state index < -0.39 is 0 Å². The van der Waals surface area contributed by atoms with Crippen LogP contribution in [-0.4, -0.2) is 36.6 Å². The van der Waals surface area contributed by atoms with Gasteiger partial charge in [0.05, 0.1) is 0 Å². The van der Waals surface area contributed by atoms with E-state index in [0.29, 0.717) is 5.54 Å². The van der Waals surface area contributed by atoms with Gasteiger partial charge in [0.1, 0.15) is 0 Å². The molecule has 0 aromatic heterocycles. The number of rotatable bonds is 1. The van der Waals surface area contributed by atoms with Crippen molar-refractivity contribution in [2.24, 2.45) is 0 Å². The lowest BCUT2D eigenvalue weighted by Gasteiger charge is -2.45. The Morgan fingerprint density at radius 1 is 1.33 bits per heavy atom. The van der Waals surface area contributed by atoms with Gasteiger partial charge in [0.25, 0.3) is 0 Å². The van der Waals surface area contributed by atoms with Crippen LogP contribution in [0.15, 0.2) is 0 Å². The fourth-order valence-electron chi connectivity index (χ4n) is 2.90. The van der Waals surface area contributed by atoms with Crippen molar-refractivity contribution in [2.75, 3.05) is 26.2 Å². The summed E-state index contributed by atoms with van der Waals surface area (Å²) in [7, 11) is 0. The van der Waals surface area contributed by atoms with E-state index in [0.717, 1.165) is 0 Å². The topological polar surface area (TPSA) is 15.3 Å². The summed E-state index contributed by atoms with van der Waals surface area (Å²) < 4.78 is 0. The number of nitrogens with one attached hydrogen (secondary N) is 1. The Kier molecular flexibility index (Phi) is 2.37. The first-order valence-electron chi connectivity index (χ1n) is 5.33. The summed E-state index contributed by atoms with van der Waals surface area (Å²) >= 11 is 0. The molecule has 2 fully saturated rings. The Bertz CT molecular complexity index is 150. The molecule has 1 N–H and O–H groups in total. The molecule has 0 atom stereocenters. The van der Waals surface area contributed by atoms with Crippen LogP contribution in [0.3, 0.4) is 0 Å². The monoisotopic (exact) mass is 168 g/mol. The van der Waals surface area contributed by atoms with Gasteiger partial charge in [0.2, 0.25) is 0 Å². The summed E-state index contributed by atoms with van der Waals surface area (Å²) in [6.45, 7) is 7.22. The Morgan fingerprint density at radius 2 is 2.08 bits per heavy atom. The molecule has 2 heteroatoms. The highest BCUT2D eigenvalue weighted by molar-refractivity contribution is 4.98. The second-order valence-electron chi connectivity index (χ2n) is 4.19. The molecule has 1 aliphatic carbocycles. The molecule has 1 spiro atoms. The smallest absolute Gasteiger partial charge is 0.0334 e. The van der Waals surface area contributed by atoms with Crippen LogP contribution in [0, 0.1) is 0 Å². The normalized spacial score (nSPS) is 29.8. The van der Waals surface area contributed by atoms with Crippen molar-refractivity contribution >= 4 is 0 Å². The third kappa shape index (κ3) is 1.27. The molecule has 2 nitrogen and oxygen atoms in total. The Balaban J connectivity index is 2.07. The van der Waals surface area contributed by atoms with Crippen molar-refractivity contribution in [3.63, 3.8) is 0 Å². The zero-order valence-electron chi connectivity index (χ0n) is 8.10. The largest absolute Gasteiger partial charge is 0.314 e. The highest BCUT2D eigenvalue weighted by Crippen LogP contribution is 2.35. The molecule has 0 aromatic carbocycles. The van der Waals surface area contributed by atoms with Crippen LogP contribution >= 0.6 is 0 Å². The van der Waals surface area contributed by atoms with Crippen LogP contribution in [0.2, 0.25) is 0 Å². The van der Waals surface area contributed by atoms with E-state index in [2.05, 4.69) is 17.1 Å². The fraction of sp³-hybridized carbons (Fsp3) is 1.00. The van der Waals surface area contributed by atoms with Crippen molar-refractivity contribution in [2.45, 2.75) is 38.1 Å². The van der Waals surface area contributed by atoms with Gasteiger partial charge in [-0.2, -0.15) is 0 Å². The average molecular weight is 168 g/mol. The third-order valence-electron chi connectivity index (χ3n) is 3.60. The highest BCUT2D eigenvalue weighted by atomic mass is 15.3. The van der Waals surface area contributed by atoms with Gasteiger partial charge >= 0.3 is 0 Å². The maximum Gasteiger partial charge on any atom is 0.0334 e. The Morgan fingerprint density at radius 3 is 2.75 bits per heavy atom. The van der Waals surface area contributed by atoms with Crippen molar-refractivity contribution in [3.05, 3.63) is 0 Å². The summed E-state index contributed by atoms with van der Waals surface area (Å²) in [6, 6.07) is 0. The molecule has 2 rings (SSSR count).